The zero-order valence-electron chi connectivity index (χ0n) is 25.5. The highest BCUT2D eigenvalue weighted by molar-refractivity contribution is 6.09. The predicted octanol–water partition coefficient (Wildman–Crippen LogP) is 7.01. The van der Waals surface area contributed by atoms with Crippen LogP contribution in [0.3, 0.4) is 0 Å². The second kappa shape index (κ2) is 13.2. The summed E-state index contributed by atoms with van der Waals surface area (Å²) in [6, 6.07) is 20.7. The molecule has 0 aliphatic rings. The Morgan fingerprint density at radius 3 is 2.00 bits per heavy atom. The van der Waals surface area contributed by atoms with Gasteiger partial charge in [0.25, 0.3) is 0 Å². The Kier molecular flexibility index (Phi) is 8.33. The molecule has 0 radical (unpaired) electrons. The first kappa shape index (κ1) is 29.7. The molecule has 0 aliphatic heterocycles. The van der Waals surface area contributed by atoms with Gasteiger partial charge in [-0.05, 0) is 60.5 Å². The molecule has 7 aromatic rings. The van der Waals surface area contributed by atoms with Gasteiger partial charge >= 0.3 is 0 Å². The summed E-state index contributed by atoms with van der Waals surface area (Å²) in [5, 5.41) is 19.4. The van der Waals surface area contributed by atoms with Gasteiger partial charge in [0.1, 0.15) is 35.4 Å². The Bertz CT molecular complexity index is 2210. The van der Waals surface area contributed by atoms with Gasteiger partial charge in [-0.25, -0.2) is 18.1 Å². The van der Waals surface area contributed by atoms with E-state index in [9.17, 15) is 8.78 Å². The molecule has 234 valence electrons. The molecule has 7 rings (SSSR count). The van der Waals surface area contributed by atoms with E-state index in [4.69, 9.17) is 4.74 Å². The van der Waals surface area contributed by atoms with Crippen molar-refractivity contribution in [3.8, 4) is 5.75 Å². The van der Waals surface area contributed by atoms with Crippen LogP contribution in [-0.4, -0.2) is 39.5 Å². The summed E-state index contributed by atoms with van der Waals surface area (Å²) in [4.78, 5) is 4.56. The minimum absolute atomic E-state index is 0.258. The van der Waals surface area contributed by atoms with Crippen LogP contribution in [0.15, 0.2) is 104 Å². The van der Waals surface area contributed by atoms with Crippen LogP contribution in [0.25, 0.3) is 34.0 Å². The third-order valence-corrected chi connectivity index (χ3v) is 7.75. The van der Waals surface area contributed by atoms with E-state index in [1.54, 1.807) is 33.6 Å². The Morgan fingerprint density at radius 1 is 0.723 bits per heavy atom. The molecule has 9 nitrogen and oxygen atoms in total. The van der Waals surface area contributed by atoms with Gasteiger partial charge in [0.15, 0.2) is 0 Å². The lowest BCUT2D eigenvalue weighted by molar-refractivity contribution is 0.301. The highest BCUT2D eigenvalue weighted by atomic mass is 19.1. The second-order valence-electron chi connectivity index (χ2n) is 11.1. The number of halogens is 2. The maximum absolute atomic E-state index is 13.2. The molecule has 0 saturated heterocycles. The van der Waals surface area contributed by atoms with Crippen molar-refractivity contribution in [2.24, 2.45) is 0 Å². The quantitative estimate of drug-likeness (QED) is 0.153. The highest BCUT2D eigenvalue weighted by Gasteiger charge is 2.16. The summed E-state index contributed by atoms with van der Waals surface area (Å²) in [5.74, 6) is 0.185. The maximum atomic E-state index is 13.2. The van der Waals surface area contributed by atoms with Crippen molar-refractivity contribution >= 4 is 34.0 Å². The first-order chi connectivity index (χ1) is 23.0. The lowest BCUT2D eigenvalue weighted by atomic mass is 10.1. The lowest BCUT2D eigenvalue weighted by Gasteiger charge is -2.08. The van der Waals surface area contributed by atoms with E-state index in [0.29, 0.717) is 31.1 Å². The molecule has 0 N–H and O–H groups in total. The Morgan fingerprint density at radius 2 is 1.34 bits per heavy atom. The summed E-state index contributed by atoms with van der Waals surface area (Å²) in [6.45, 7) is 3.82. The van der Waals surface area contributed by atoms with Gasteiger partial charge in [-0.1, -0.05) is 59.0 Å². The normalized spacial score (nSPS) is 11.9. The summed E-state index contributed by atoms with van der Waals surface area (Å²) in [6.07, 6.45) is 13.4. The van der Waals surface area contributed by atoms with Gasteiger partial charge in [0.2, 0.25) is 0 Å². The van der Waals surface area contributed by atoms with Crippen molar-refractivity contribution in [3.05, 3.63) is 143 Å². The van der Waals surface area contributed by atoms with Gasteiger partial charge in [-0.3, -0.25) is 4.98 Å². The molecule has 4 heterocycles. The molecular weight excluding hydrogens is 598 g/mol. The fraction of sp³-hybridized carbons (Fsp3) is 0.139. The van der Waals surface area contributed by atoms with Gasteiger partial charge < -0.3 is 9.30 Å². The molecule has 0 bridgehead atoms. The number of fused-ring (bicyclic) bond motifs is 3. The number of pyridine rings is 1. The van der Waals surface area contributed by atoms with E-state index >= 15 is 0 Å². The van der Waals surface area contributed by atoms with Crippen molar-refractivity contribution in [1.29, 1.82) is 0 Å². The van der Waals surface area contributed by atoms with E-state index in [-0.39, 0.29) is 18.2 Å². The number of aromatic nitrogens is 8. The second-order valence-corrected chi connectivity index (χ2v) is 11.1. The first-order valence-corrected chi connectivity index (χ1v) is 15.1. The van der Waals surface area contributed by atoms with Crippen LogP contribution >= 0.6 is 0 Å². The molecule has 11 heteroatoms. The number of hydrogen-bond donors (Lipinski definition) is 0. The topological polar surface area (TPSA) is 88.5 Å². The Hall–Kier alpha value is -5.97. The number of aryl methyl sites for hydroxylation is 1. The number of hydrogen-bond acceptors (Lipinski definition) is 6. The third kappa shape index (κ3) is 6.84. The largest absolute Gasteiger partial charge is 0.487 e. The molecule has 0 atom stereocenters. The molecule has 0 unspecified atom stereocenters. The van der Waals surface area contributed by atoms with Crippen LogP contribution in [0, 0.1) is 18.6 Å². The van der Waals surface area contributed by atoms with Gasteiger partial charge in [-0.2, -0.15) is 0 Å². The first-order valence-electron chi connectivity index (χ1n) is 15.1. The molecule has 0 spiro atoms. The minimum atomic E-state index is -0.259. The van der Waals surface area contributed by atoms with E-state index in [2.05, 4.69) is 36.2 Å². The van der Waals surface area contributed by atoms with Crippen molar-refractivity contribution in [1.82, 2.24) is 39.5 Å². The minimum Gasteiger partial charge on any atom is -0.487 e. The maximum Gasteiger partial charge on any atom is 0.134 e. The molecule has 4 aromatic heterocycles. The van der Waals surface area contributed by atoms with Gasteiger partial charge in [0, 0.05) is 23.0 Å². The molecule has 0 saturated carbocycles. The SMILES string of the molecule is Cc1nccc2c3ccc(OCc4cn(C/C=C/c5ccc(F)cc5)nn4)cc3n(Cc3cn(C/C=C/c4ccc(F)cc4)nn3)c12. The van der Waals surface area contributed by atoms with Gasteiger partial charge in [0.05, 0.1) is 48.8 Å². The van der Waals surface area contributed by atoms with Crippen LogP contribution in [-0.2, 0) is 26.2 Å². The number of ether oxygens (including phenoxy) is 1. The van der Waals surface area contributed by atoms with E-state index in [0.717, 1.165) is 44.3 Å². The fourth-order valence-corrected chi connectivity index (χ4v) is 5.51. The summed E-state index contributed by atoms with van der Waals surface area (Å²) in [7, 11) is 0. The van der Waals surface area contributed by atoms with E-state index < -0.39 is 0 Å². The average Bonchev–Trinajstić information content (AvgIpc) is 3.81. The van der Waals surface area contributed by atoms with Crippen LogP contribution in [0.1, 0.15) is 28.2 Å². The highest BCUT2D eigenvalue weighted by Crippen LogP contribution is 2.33. The molecule has 3 aromatic carbocycles. The molecule has 0 aliphatic carbocycles. The Balaban J connectivity index is 1.06. The van der Waals surface area contributed by atoms with E-state index in [1.165, 1.54) is 24.3 Å². The van der Waals surface area contributed by atoms with Crippen LogP contribution < -0.4 is 4.74 Å². The predicted molar refractivity (Wildman–Crippen MR) is 176 cm³/mol. The average molecular weight is 629 g/mol. The standard InChI is InChI=1S/C36H30F2N8O/c1-25-36-34(16-17-39-25)33-15-14-32(47-24-31-22-45(43-41-31)19-3-5-27-8-12-29(38)13-9-27)20-35(33)46(36)23-30-21-44(42-40-30)18-2-4-26-6-10-28(37)11-7-26/h2-17,20-22H,18-19,23-24H2,1H3/b4-2+,5-3+. The number of benzene rings is 3. The number of nitrogens with zero attached hydrogens (tertiary/aromatic N) is 8. The molecular formula is C36H30F2N8O. The molecule has 0 amide bonds. The number of allylic oxidation sites excluding steroid dienone is 2. The van der Waals surface area contributed by atoms with Gasteiger partial charge in [-0.15, -0.1) is 10.2 Å². The van der Waals surface area contributed by atoms with Crippen LogP contribution in [0.5, 0.6) is 5.75 Å². The summed E-state index contributed by atoms with van der Waals surface area (Å²) >= 11 is 0. The zero-order valence-corrected chi connectivity index (χ0v) is 25.5. The monoisotopic (exact) mass is 628 g/mol. The van der Waals surface area contributed by atoms with Crippen LogP contribution in [0.4, 0.5) is 8.78 Å². The van der Waals surface area contributed by atoms with E-state index in [1.807, 2.05) is 68.0 Å². The molecule has 47 heavy (non-hydrogen) atoms. The summed E-state index contributed by atoms with van der Waals surface area (Å²) in [5.41, 5.74) is 6.27. The fourth-order valence-electron chi connectivity index (χ4n) is 5.51. The summed E-state index contributed by atoms with van der Waals surface area (Å²) < 4.78 is 38.2. The van der Waals surface area contributed by atoms with Crippen molar-refractivity contribution < 1.29 is 13.5 Å². The zero-order chi connectivity index (χ0) is 32.2. The number of rotatable bonds is 11. The molecule has 0 fully saturated rings. The van der Waals surface area contributed by atoms with Crippen molar-refractivity contribution in [2.45, 2.75) is 33.2 Å². The third-order valence-electron chi connectivity index (χ3n) is 7.75. The van der Waals surface area contributed by atoms with Crippen molar-refractivity contribution in [3.63, 3.8) is 0 Å². The smallest absolute Gasteiger partial charge is 0.134 e. The lowest BCUT2D eigenvalue weighted by Crippen LogP contribution is -2.02. The van der Waals surface area contributed by atoms with Crippen LogP contribution in [0.2, 0.25) is 0 Å². The Labute approximate surface area is 269 Å². The van der Waals surface area contributed by atoms with Crippen molar-refractivity contribution in [2.75, 3.05) is 0 Å².